The molecule has 7 nitrogen and oxygen atoms in total. The first-order valence-electron chi connectivity index (χ1n) is 6.39. The SMILES string of the molecule is O=NC1(OC(=O)c2ccc([N+](=O)[O-])cc2)CCCCC1. The van der Waals surface area contributed by atoms with Gasteiger partial charge in [0.25, 0.3) is 5.69 Å². The van der Waals surface area contributed by atoms with Crippen LogP contribution < -0.4 is 0 Å². The first-order chi connectivity index (χ1) is 9.56. The number of nitrogens with zero attached hydrogens (tertiary/aromatic N) is 2. The third kappa shape index (κ3) is 2.98. The summed E-state index contributed by atoms with van der Waals surface area (Å²) in [7, 11) is 0. The Kier molecular flexibility index (Phi) is 4.07. The average Bonchev–Trinajstić information content (AvgIpc) is 2.48. The van der Waals surface area contributed by atoms with Crippen molar-refractivity contribution >= 4 is 11.7 Å². The van der Waals surface area contributed by atoms with Crippen LogP contribution in [0.3, 0.4) is 0 Å². The molecule has 0 amide bonds. The second kappa shape index (κ2) is 5.77. The number of carbonyl (C=O) groups is 1. The van der Waals surface area contributed by atoms with E-state index in [0.29, 0.717) is 12.8 Å². The highest BCUT2D eigenvalue weighted by molar-refractivity contribution is 5.89. The molecule has 1 fully saturated rings. The highest BCUT2D eigenvalue weighted by Crippen LogP contribution is 2.33. The van der Waals surface area contributed by atoms with Crippen LogP contribution >= 0.6 is 0 Å². The minimum atomic E-state index is -1.28. The minimum absolute atomic E-state index is 0.109. The summed E-state index contributed by atoms with van der Waals surface area (Å²) in [5.41, 5.74) is -1.22. The first kappa shape index (κ1) is 14.1. The van der Waals surface area contributed by atoms with Gasteiger partial charge >= 0.3 is 5.97 Å². The summed E-state index contributed by atoms with van der Waals surface area (Å²) < 4.78 is 5.23. The maximum absolute atomic E-state index is 12.0. The third-order valence-electron chi connectivity index (χ3n) is 3.40. The zero-order valence-corrected chi connectivity index (χ0v) is 10.8. The molecular weight excluding hydrogens is 264 g/mol. The molecule has 2 rings (SSSR count). The number of carbonyl (C=O) groups excluding carboxylic acids is 1. The summed E-state index contributed by atoms with van der Waals surface area (Å²) >= 11 is 0. The van der Waals surface area contributed by atoms with Crippen molar-refractivity contribution in [1.82, 2.24) is 0 Å². The Balaban J connectivity index is 2.10. The van der Waals surface area contributed by atoms with Crippen molar-refractivity contribution in [3.8, 4) is 0 Å². The van der Waals surface area contributed by atoms with Crippen LogP contribution in [0.1, 0.15) is 42.5 Å². The van der Waals surface area contributed by atoms with Crippen LogP contribution in [-0.2, 0) is 4.74 Å². The van der Waals surface area contributed by atoms with Crippen LogP contribution in [0.4, 0.5) is 5.69 Å². The van der Waals surface area contributed by atoms with Gasteiger partial charge in [0.05, 0.1) is 10.5 Å². The summed E-state index contributed by atoms with van der Waals surface area (Å²) in [6.45, 7) is 0. The van der Waals surface area contributed by atoms with E-state index in [0.717, 1.165) is 19.3 Å². The molecule has 1 aromatic rings. The van der Waals surface area contributed by atoms with E-state index in [1.54, 1.807) is 0 Å². The molecule has 20 heavy (non-hydrogen) atoms. The summed E-state index contributed by atoms with van der Waals surface area (Å²) in [5.74, 6) is -0.679. The molecular formula is C13H14N2O5. The van der Waals surface area contributed by atoms with Gasteiger partial charge in [-0.25, -0.2) is 4.79 Å². The number of ether oxygens (including phenoxy) is 1. The molecule has 0 heterocycles. The van der Waals surface area contributed by atoms with E-state index in [-0.39, 0.29) is 11.3 Å². The molecule has 0 atom stereocenters. The molecule has 1 saturated carbocycles. The van der Waals surface area contributed by atoms with Crippen LogP contribution in [0.2, 0.25) is 0 Å². The highest BCUT2D eigenvalue weighted by atomic mass is 16.6. The van der Waals surface area contributed by atoms with E-state index in [9.17, 15) is 19.8 Å². The molecule has 1 aliphatic rings. The second-order valence-electron chi connectivity index (χ2n) is 4.79. The van der Waals surface area contributed by atoms with Crippen molar-refractivity contribution in [3.05, 3.63) is 44.9 Å². The number of benzene rings is 1. The normalized spacial score (nSPS) is 17.2. The highest BCUT2D eigenvalue weighted by Gasteiger charge is 2.37. The second-order valence-corrected chi connectivity index (χ2v) is 4.79. The number of non-ortho nitro benzene ring substituents is 1. The van der Waals surface area contributed by atoms with Crippen LogP contribution in [0, 0.1) is 15.0 Å². The standard InChI is InChI=1S/C13H14N2O5/c16-12(10-4-6-11(7-5-10)15(18)19)20-13(14-17)8-2-1-3-9-13/h4-7H,1-3,8-9H2. The van der Waals surface area contributed by atoms with Crippen LogP contribution in [0.25, 0.3) is 0 Å². The van der Waals surface area contributed by atoms with Crippen LogP contribution in [-0.4, -0.2) is 16.6 Å². The quantitative estimate of drug-likeness (QED) is 0.364. The van der Waals surface area contributed by atoms with E-state index < -0.39 is 16.6 Å². The Labute approximate surface area is 115 Å². The molecule has 0 aromatic heterocycles. The Morgan fingerprint density at radius 1 is 1.20 bits per heavy atom. The van der Waals surface area contributed by atoms with Gasteiger partial charge in [0.2, 0.25) is 5.72 Å². The van der Waals surface area contributed by atoms with Gasteiger partial charge in [-0.3, -0.25) is 10.1 Å². The van der Waals surface area contributed by atoms with Gasteiger partial charge in [0, 0.05) is 25.0 Å². The maximum atomic E-state index is 12.0. The predicted molar refractivity (Wildman–Crippen MR) is 70.1 cm³/mol. The fraction of sp³-hybridized carbons (Fsp3) is 0.462. The lowest BCUT2D eigenvalue weighted by Gasteiger charge is -2.29. The van der Waals surface area contributed by atoms with Gasteiger partial charge in [-0.15, -0.1) is 4.91 Å². The zero-order chi connectivity index (χ0) is 14.6. The number of hydrogen-bond donors (Lipinski definition) is 0. The van der Waals surface area contributed by atoms with Crippen molar-refractivity contribution in [2.45, 2.75) is 37.8 Å². The van der Waals surface area contributed by atoms with E-state index >= 15 is 0 Å². The molecule has 0 unspecified atom stereocenters. The Bertz CT molecular complexity index is 520. The molecule has 1 aliphatic carbocycles. The molecule has 0 aliphatic heterocycles. The largest absolute Gasteiger partial charge is 0.430 e. The summed E-state index contributed by atoms with van der Waals surface area (Å²) in [6, 6.07) is 5.06. The Morgan fingerprint density at radius 3 is 2.30 bits per heavy atom. The lowest BCUT2D eigenvalue weighted by atomic mass is 9.92. The maximum Gasteiger partial charge on any atom is 0.340 e. The average molecular weight is 278 g/mol. The van der Waals surface area contributed by atoms with Gasteiger partial charge in [0.15, 0.2) is 0 Å². The van der Waals surface area contributed by atoms with Crippen molar-refractivity contribution in [3.63, 3.8) is 0 Å². The molecule has 106 valence electrons. The topological polar surface area (TPSA) is 98.9 Å². The van der Waals surface area contributed by atoms with Gasteiger partial charge in [-0.1, -0.05) is 6.42 Å². The summed E-state index contributed by atoms with van der Waals surface area (Å²) in [6.07, 6.45) is 3.43. The minimum Gasteiger partial charge on any atom is -0.430 e. The van der Waals surface area contributed by atoms with Gasteiger partial charge in [0.1, 0.15) is 0 Å². The van der Waals surface area contributed by atoms with E-state index in [4.69, 9.17) is 4.74 Å². The van der Waals surface area contributed by atoms with E-state index in [2.05, 4.69) is 5.18 Å². The zero-order valence-electron chi connectivity index (χ0n) is 10.8. The molecule has 0 bridgehead atoms. The molecule has 0 spiro atoms. The fourth-order valence-electron chi connectivity index (χ4n) is 2.27. The van der Waals surface area contributed by atoms with E-state index in [1.807, 2.05) is 0 Å². The fourth-order valence-corrected chi connectivity index (χ4v) is 2.27. The van der Waals surface area contributed by atoms with Gasteiger partial charge < -0.3 is 4.74 Å². The molecule has 1 aromatic carbocycles. The van der Waals surface area contributed by atoms with Crippen LogP contribution in [0.5, 0.6) is 0 Å². The lowest BCUT2D eigenvalue weighted by molar-refractivity contribution is -0.384. The summed E-state index contributed by atoms with van der Waals surface area (Å²) in [4.78, 5) is 32.9. The lowest BCUT2D eigenvalue weighted by Crippen LogP contribution is -2.34. The van der Waals surface area contributed by atoms with E-state index in [1.165, 1.54) is 24.3 Å². The number of nitroso groups, excluding NO2 is 1. The molecule has 0 N–H and O–H groups in total. The van der Waals surface area contributed by atoms with Crippen LogP contribution in [0.15, 0.2) is 29.4 Å². The Hall–Kier alpha value is -2.31. The van der Waals surface area contributed by atoms with Crippen molar-refractivity contribution in [2.24, 2.45) is 5.18 Å². The smallest absolute Gasteiger partial charge is 0.340 e. The third-order valence-corrected chi connectivity index (χ3v) is 3.40. The molecule has 0 saturated heterocycles. The number of esters is 1. The number of rotatable bonds is 4. The van der Waals surface area contributed by atoms with Gasteiger partial charge in [-0.05, 0) is 30.2 Å². The van der Waals surface area contributed by atoms with Crippen molar-refractivity contribution in [1.29, 1.82) is 0 Å². The summed E-state index contributed by atoms with van der Waals surface area (Å²) in [5, 5.41) is 13.5. The molecule has 0 radical (unpaired) electrons. The Morgan fingerprint density at radius 2 is 1.80 bits per heavy atom. The first-order valence-corrected chi connectivity index (χ1v) is 6.39. The molecule has 7 heteroatoms. The number of nitro groups is 1. The van der Waals surface area contributed by atoms with Crippen molar-refractivity contribution in [2.75, 3.05) is 0 Å². The van der Waals surface area contributed by atoms with Gasteiger partial charge in [-0.2, -0.15) is 0 Å². The van der Waals surface area contributed by atoms with Crippen molar-refractivity contribution < 1.29 is 14.5 Å². The predicted octanol–water partition coefficient (Wildman–Crippen LogP) is 3.18. The number of hydrogen-bond acceptors (Lipinski definition) is 6. The monoisotopic (exact) mass is 278 g/mol. The number of nitro benzene ring substituents is 1.